The first-order valence-corrected chi connectivity index (χ1v) is 9.73. The van der Waals surface area contributed by atoms with Gasteiger partial charge in [0.25, 0.3) is 0 Å². The lowest BCUT2D eigenvalue weighted by Crippen LogP contribution is -2.46. The number of carbonyl (C=O) groups excluding carboxylic acids is 2. The Balaban J connectivity index is 4.72. The predicted octanol–water partition coefficient (Wildman–Crippen LogP) is 3.48. The summed E-state index contributed by atoms with van der Waals surface area (Å²) in [6.07, 6.45) is 1.34. The van der Waals surface area contributed by atoms with Crippen molar-refractivity contribution in [3.8, 4) is 0 Å². The van der Waals surface area contributed by atoms with Crippen LogP contribution < -0.4 is 0 Å². The van der Waals surface area contributed by atoms with Gasteiger partial charge in [-0.2, -0.15) is 0 Å². The van der Waals surface area contributed by atoms with E-state index in [0.717, 1.165) is 0 Å². The van der Waals surface area contributed by atoms with Gasteiger partial charge in [0.2, 0.25) is 0 Å². The number of ketones is 1. The van der Waals surface area contributed by atoms with Gasteiger partial charge >= 0.3 is 5.97 Å². The minimum atomic E-state index is -1.92. The average Bonchev–Trinajstić information content (AvgIpc) is 2.23. The largest absolute Gasteiger partial charge is 0.452 e. The fourth-order valence-electron chi connectivity index (χ4n) is 1.17. The van der Waals surface area contributed by atoms with E-state index in [2.05, 4.69) is 40.4 Å². The van der Waals surface area contributed by atoms with Gasteiger partial charge in [-0.1, -0.05) is 27.4 Å². The lowest BCUT2D eigenvalue weighted by atomic mass is 10.1. The molecule has 1 atom stereocenters. The van der Waals surface area contributed by atoms with E-state index in [1.165, 1.54) is 6.92 Å². The van der Waals surface area contributed by atoms with E-state index in [0.29, 0.717) is 0 Å². The number of hydrogen-bond donors (Lipinski definition) is 0. The summed E-state index contributed by atoms with van der Waals surface area (Å²) in [5.41, 5.74) is -0.901. The molecule has 0 aromatic rings. The summed E-state index contributed by atoms with van der Waals surface area (Å²) in [5.74, 6) is -0.759. The summed E-state index contributed by atoms with van der Waals surface area (Å²) >= 11 is 0. The Morgan fingerprint density at radius 3 is 2.05 bits per heavy atom. The van der Waals surface area contributed by atoms with E-state index in [4.69, 9.17) is 9.16 Å². The van der Waals surface area contributed by atoms with Crippen molar-refractivity contribution in [3.63, 3.8) is 0 Å². The van der Waals surface area contributed by atoms with Crippen LogP contribution >= 0.6 is 0 Å². The second kappa shape index (κ2) is 6.67. The third kappa shape index (κ3) is 6.01. The van der Waals surface area contributed by atoms with Gasteiger partial charge in [0.05, 0.1) is 6.61 Å². The summed E-state index contributed by atoms with van der Waals surface area (Å²) in [6.45, 7) is 17.8. The van der Waals surface area contributed by atoms with Crippen molar-refractivity contribution in [1.29, 1.82) is 0 Å². The molecule has 0 aliphatic carbocycles. The minimum absolute atomic E-state index is 0.0818. The molecule has 0 fully saturated rings. The molecule has 0 bridgehead atoms. The number of ether oxygens (including phenoxy) is 1. The molecule has 0 aliphatic rings. The fraction of sp³-hybridized carbons (Fsp3) is 0.733. The third-order valence-electron chi connectivity index (χ3n) is 3.70. The van der Waals surface area contributed by atoms with Crippen LogP contribution in [-0.4, -0.2) is 32.3 Å². The molecule has 0 heterocycles. The number of carbonyl (C=O) groups is 2. The summed E-state index contributed by atoms with van der Waals surface area (Å²) in [7, 11) is -1.92. The molecule has 0 amide bonds. The Bertz CT molecular complexity index is 382. The van der Waals surface area contributed by atoms with Gasteiger partial charge in [-0.3, -0.25) is 9.59 Å². The fourth-order valence-corrected chi connectivity index (χ4v) is 2.25. The molecule has 0 saturated heterocycles. The van der Waals surface area contributed by atoms with Crippen LogP contribution in [-0.2, 0) is 18.8 Å². The van der Waals surface area contributed by atoms with Crippen LogP contribution in [0.5, 0.6) is 0 Å². The van der Waals surface area contributed by atoms with Crippen molar-refractivity contribution >= 4 is 20.1 Å². The molecule has 20 heavy (non-hydrogen) atoms. The lowest BCUT2D eigenvalue weighted by molar-refractivity contribution is -0.157. The number of esters is 1. The molecule has 0 N–H and O–H groups in total. The Morgan fingerprint density at radius 1 is 1.20 bits per heavy atom. The van der Waals surface area contributed by atoms with Crippen molar-refractivity contribution in [2.24, 2.45) is 0 Å². The molecule has 0 saturated carbocycles. The molecule has 1 unspecified atom stereocenters. The van der Waals surface area contributed by atoms with Crippen LogP contribution in [0.25, 0.3) is 0 Å². The maximum absolute atomic E-state index is 11.6. The summed E-state index contributed by atoms with van der Waals surface area (Å²) in [5, 5.41) is 0.0818. The minimum Gasteiger partial charge on any atom is -0.452 e. The van der Waals surface area contributed by atoms with E-state index >= 15 is 0 Å². The zero-order valence-corrected chi connectivity index (χ0v) is 14.8. The van der Waals surface area contributed by atoms with Gasteiger partial charge in [-0.05, 0) is 38.1 Å². The van der Waals surface area contributed by atoms with Gasteiger partial charge < -0.3 is 9.16 Å². The van der Waals surface area contributed by atoms with E-state index in [9.17, 15) is 9.59 Å². The Labute approximate surface area is 123 Å². The zero-order chi connectivity index (χ0) is 16.2. The first-order valence-electron chi connectivity index (χ1n) is 6.82. The van der Waals surface area contributed by atoms with Gasteiger partial charge in [0.15, 0.2) is 8.32 Å². The molecule has 0 aromatic carbocycles. The Kier molecular flexibility index (Phi) is 6.36. The van der Waals surface area contributed by atoms with Gasteiger partial charge in [-0.15, -0.1) is 0 Å². The molecule has 0 rings (SSSR count). The first kappa shape index (κ1) is 19.1. The van der Waals surface area contributed by atoms with Crippen molar-refractivity contribution in [2.75, 3.05) is 6.61 Å². The van der Waals surface area contributed by atoms with Gasteiger partial charge in [0, 0.05) is 0 Å². The Morgan fingerprint density at radius 2 is 1.70 bits per heavy atom. The molecule has 0 spiro atoms. The van der Waals surface area contributed by atoms with Crippen molar-refractivity contribution < 1.29 is 18.8 Å². The SMILES string of the molecule is C=CC(C)(CO[Si](C)(C)C(C)(C)C)OC(=O)CC(C)=O. The van der Waals surface area contributed by atoms with Gasteiger partial charge in [0.1, 0.15) is 17.8 Å². The second-order valence-corrected chi connectivity index (χ2v) is 11.7. The third-order valence-corrected chi connectivity index (χ3v) is 8.18. The highest BCUT2D eigenvalue weighted by Gasteiger charge is 2.39. The van der Waals surface area contributed by atoms with Crippen molar-refractivity contribution in [1.82, 2.24) is 0 Å². The van der Waals surface area contributed by atoms with Crippen LogP contribution in [0.3, 0.4) is 0 Å². The maximum Gasteiger partial charge on any atom is 0.314 e. The highest BCUT2D eigenvalue weighted by Crippen LogP contribution is 2.37. The molecular weight excluding hydrogens is 272 g/mol. The standard InChI is InChI=1S/C15H28O4Si/c1-9-15(6,19-13(17)10-12(2)16)11-18-20(7,8)14(3,4)5/h9H,1,10-11H2,2-8H3. The molecular formula is C15H28O4Si. The maximum atomic E-state index is 11.6. The predicted molar refractivity (Wildman–Crippen MR) is 83.1 cm³/mol. The second-order valence-electron chi connectivity index (χ2n) is 6.92. The smallest absolute Gasteiger partial charge is 0.314 e. The number of hydrogen-bond acceptors (Lipinski definition) is 4. The monoisotopic (exact) mass is 300 g/mol. The molecule has 4 nitrogen and oxygen atoms in total. The van der Waals surface area contributed by atoms with Crippen LogP contribution in [0.4, 0.5) is 0 Å². The van der Waals surface area contributed by atoms with E-state index < -0.39 is 19.9 Å². The highest BCUT2D eigenvalue weighted by atomic mass is 28.4. The van der Waals surface area contributed by atoms with Crippen LogP contribution in [0.1, 0.15) is 41.0 Å². The quantitative estimate of drug-likeness (QED) is 0.313. The number of rotatable bonds is 7. The summed E-state index contributed by atoms with van der Waals surface area (Å²) in [4.78, 5) is 22.5. The molecule has 0 aromatic heterocycles. The van der Waals surface area contributed by atoms with E-state index in [1.54, 1.807) is 13.0 Å². The first-order chi connectivity index (χ1) is 8.83. The molecule has 0 radical (unpaired) electrons. The summed E-state index contributed by atoms with van der Waals surface area (Å²) in [6, 6.07) is 0. The molecule has 116 valence electrons. The van der Waals surface area contributed by atoms with Gasteiger partial charge in [-0.25, -0.2) is 0 Å². The average molecular weight is 300 g/mol. The normalized spacial score (nSPS) is 15.3. The highest BCUT2D eigenvalue weighted by molar-refractivity contribution is 6.74. The van der Waals surface area contributed by atoms with Crippen molar-refractivity contribution in [2.45, 2.75) is 64.8 Å². The summed E-state index contributed by atoms with van der Waals surface area (Å²) < 4.78 is 11.4. The topological polar surface area (TPSA) is 52.6 Å². The van der Waals surface area contributed by atoms with Crippen LogP contribution in [0, 0.1) is 0 Å². The lowest BCUT2D eigenvalue weighted by Gasteiger charge is -2.38. The molecule has 5 heteroatoms. The Hall–Kier alpha value is -0.943. The van der Waals surface area contributed by atoms with Crippen LogP contribution in [0.2, 0.25) is 18.1 Å². The molecule has 0 aliphatic heterocycles. The van der Waals surface area contributed by atoms with Crippen LogP contribution in [0.15, 0.2) is 12.7 Å². The van der Waals surface area contributed by atoms with E-state index in [-0.39, 0.29) is 23.8 Å². The van der Waals surface area contributed by atoms with E-state index in [1.807, 2.05) is 0 Å². The zero-order valence-electron chi connectivity index (χ0n) is 13.8. The van der Waals surface area contributed by atoms with Crippen molar-refractivity contribution in [3.05, 3.63) is 12.7 Å². The number of Topliss-reactive ketones (excluding diaryl/α,β-unsaturated/α-hetero) is 1.